The fourth-order valence-corrected chi connectivity index (χ4v) is 3.55. The number of unbranched alkanes of at least 4 members (excludes halogenated alkanes) is 9. The average Bonchev–Trinajstić information content (AvgIpc) is 2.89. The van der Waals surface area contributed by atoms with Crippen molar-refractivity contribution in [3.05, 3.63) is 35.9 Å². The van der Waals surface area contributed by atoms with Gasteiger partial charge in [0.25, 0.3) is 0 Å². The van der Waals surface area contributed by atoms with Crippen LogP contribution in [0.1, 0.15) is 103 Å². The molecule has 0 spiro atoms. The third-order valence-electron chi connectivity index (χ3n) is 5.84. The molecule has 0 aliphatic rings. The maximum absolute atomic E-state index is 12.2. The standard InChI is InChI=1S/C26H46N2O3.C4H11N/c1-3-5-7-9-14-18-30-23-25(31-19-15-10-8-6-4-2)21-28-26(29)22-27-20-24-16-12-11-13-17-24;1-2-3-4-5/h11-13,16-17,25,27H,3-10,14-15,18-23H2,1-2H3,(H,28,29);2-5H2,1H3. The predicted octanol–water partition coefficient (Wildman–Crippen LogP) is 5.98. The molecule has 6 heteroatoms. The zero-order chi connectivity index (χ0) is 26.5. The molecular weight excluding hydrogens is 450 g/mol. The first-order valence-corrected chi connectivity index (χ1v) is 14.6. The van der Waals surface area contributed by atoms with Crippen molar-refractivity contribution < 1.29 is 14.3 Å². The second kappa shape index (κ2) is 28.1. The molecule has 1 unspecified atom stereocenters. The van der Waals surface area contributed by atoms with Gasteiger partial charge in [0.05, 0.1) is 19.3 Å². The molecule has 0 heterocycles. The van der Waals surface area contributed by atoms with Crippen molar-refractivity contribution in [1.29, 1.82) is 0 Å². The van der Waals surface area contributed by atoms with Gasteiger partial charge in [-0.3, -0.25) is 4.79 Å². The van der Waals surface area contributed by atoms with E-state index in [4.69, 9.17) is 15.2 Å². The van der Waals surface area contributed by atoms with Crippen molar-refractivity contribution in [3.8, 4) is 0 Å². The highest BCUT2D eigenvalue weighted by atomic mass is 16.5. The highest BCUT2D eigenvalue weighted by Crippen LogP contribution is 2.05. The van der Waals surface area contributed by atoms with Gasteiger partial charge in [-0.1, -0.05) is 109 Å². The van der Waals surface area contributed by atoms with Crippen LogP contribution in [0, 0.1) is 0 Å². The molecule has 6 nitrogen and oxygen atoms in total. The summed E-state index contributed by atoms with van der Waals surface area (Å²) < 4.78 is 11.9. The molecule has 1 aromatic carbocycles. The fourth-order valence-electron chi connectivity index (χ4n) is 3.55. The number of amides is 1. The van der Waals surface area contributed by atoms with Crippen molar-refractivity contribution in [2.24, 2.45) is 5.73 Å². The Morgan fingerprint density at radius 2 is 1.44 bits per heavy atom. The first-order valence-electron chi connectivity index (χ1n) is 14.6. The molecule has 1 rings (SSSR count). The summed E-state index contributed by atoms with van der Waals surface area (Å²) in [5.74, 6) is -0.00737. The summed E-state index contributed by atoms with van der Waals surface area (Å²) in [5.41, 5.74) is 6.31. The van der Waals surface area contributed by atoms with E-state index in [1.54, 1.807) is 0 Å². The molecule has 0 aliphatic carbocycles. The first kappa shape index (κ1) is 34.5. The fraction of sp³-hybridized carbons (Fsp3) is 0.767. The maximum Gasteiger partial charge on any atom is 0.234 e. The van der Waals surface area contributed by atoms with Crippen LogP contribution in [0.15, 0.2) is 30.3 Å². The molecular formula is C30H57N3O3. The summed E-state index contributed by atoms with van der Waals surface area (Å²) in [7, 11) is 0. The van der Waals surface area contributed by atoms with Gasteiger partial charge < -0.3 is 25.8 Å². The molecule has 210 valence electrons. The Kier molecular flexibility index (Phi) is 27.0. The van der Waals surface area contributed by atoms with Gasteiger partial charge in [-0.2, -0.15) is 0 Å². The van der Waals surface area contributed by atoms with Gasteiger partial charge in [-0.25, -0.2) is 0 Å². The van der Waals surface area contributed by atoms with Crippen molar-refractivity contribution >= 4 is 5.91 Å². The minimum absolute atomic E-state index is 0.00737. The van der Waals surface area contributed by atoms with Crippen LogP contribution in [0.4, 0.5) is 0 Å². The van der Waals surface area contributed by atoms with E-state index in [2.05, 4.69) is 43.5 Å². The Morgan fingerprint density at radius 3 is 2.03 bits per heavy atom. The lowest BCUT2D eigenvalue weighted by Gasteiger charge is -2.19. The van der Waals surface area contributed by atoms with Gasteiger partial charge in [0.1, 0.15) is 0 Å². The molecule has 0 bridgehead atoms. The van der Waals surface area contributed by atoms with Crippen LogP contribution in [0.3, 0.4) is 0 Å². The number of ether oxygens (including phenoxy) is 2. The van der Waals surface area contributed by atoms with E-state index in [0.717, 1.165) is 32.6 Å². The van der Waals surface area contributed by atoms with Crippen molar-refractivity contribution in [2.45, 2.75) is 110 Å². The minimum atomic E-state index is -0.0834. The predicted molar refractivity (Wildman–Crippen MR) is 153 cm³/mol. The minimum Gasteiger partial charge on any atom is -0.379 e. The van der Waals surface area contributed by atoms with Gasteiger partial charge in [-0.15, -0.1) is 0 Å². The number of rotatable bonds is 23. The number of hydrogen-bond donors (Lipinski definition) is 3. The summed E-state index contributed by atoms with van der Waals surface area (Å²) in [6.45, 7) is 11.0. The van der Waals surface area contributed by atoms with E-state index in [0.29, 0.717) is 26.2 Å². The molecule has 1 atom stereocenters. The third-order valence-corrected chi connectivity index (χ3v) is 5.84. The van der Waals surface area contributed by atoms with Crippen molar-refractivity contribution in [3.63, 3.8) is 0 Å². The molecule has 36 heavy (non-hydrogen) atoms. The molecule has 0 aromatic heterocycles. The van der Waals surface area contributed by atoms with Gasteiger partial charge in [0.15, 0.2) is 0 Å². The lowest BCUT2D eigenvalue weighted by Crippen LogP contribution is -2.40. The van der Waals surface area contributed by atoms with E-state index in [1.165, 1.54) is 69.8 Å². The zero-order valence-corrected chi connectivity index (χ0v) is 23.7. The Bertz CT molecular complexity index is 570. The largest absolute Gasteiger partial charge is 0.379 e. The first-order chi connectivity index (χ1) is 17.7. The van der Waals surface area contributed by atoms with Crippen LogP contribution in [-0.4, -0.2) is 51.5 Å². The molecule has 4 N–H and O–H groups in total. The van der Waals surface area contributed by atoms with E-state index in [1.807, 2.05) is 18.2 Å². The van der Waals surface area contributed by atoms with Crippen LogP contribution in [-0.2, 0) is 20.8 Å². The topological polar surface area (TPSA) is 85.6 Å². The Morgan fingerprint density at radius 1 is 0.833 bits per heavy atom. The number of carbonyl (C=O) groups excluding carboxylic acids is 1. The quantitative estimate of drug-likeness (QED) is 0.159. The highest BCUT2D eigenvalue weighted by molar-refractivity contribution is 5.77. The summed E-state index contributed by atoms with van der Waals surface area (Å²) in [5, 5.41) is 6.18. The summed E-state index contributed by atoms with van der Waals surface area (Å²) in [4.78, 5) is 12.2. The van der Waals surface area contributed by atoms with Crippen LogP contribution < -0.4 is 16.4 Å². The Labute approximate surface area is 222 Å². The number of benzene rings is 1. The molecule has 1 amide bonds. The van der Waals surface area contributed by atoms with Crippen LogP contribution >= 0.6 is 0 Å². The lowest BCUT2D eigenvalue weighted by molar-refractivity contribution is -0.121. The van der Waals surface area contributed by atoms with Crippen molar-refractivity contribution in [2.75, 3.05) is 39.5 Å². The molecule has 0 saturated heterocycles. The molecule has 0 fully saturated rings. The van der Waals surface area contributed by atoms with Gasteiger partial charge in [0, 0.05) is 26.3 Å². The number of nitrogens with two attached hydrogens (primary N) is 1. The number of nitrogens with one attached hydrogen (secondary N) is 2. The highest BCUT2D eigenvalue weighted by Gasteiger charge is 2.11. The third kappa shape index (κ3) is 24.2. The average molecular weight is 508 g/mol. The van der Waals surface area contributed by atoms with E-state index in [-0.39, 0.29) is 12.0 Å². The van der Waals surface area contributed by atoms with E-state index in [9.17, 15) is 4.79 Å². The van der Waals surface area contributed by atoms with Crippen LogP contribution in [0.5, 0.6) is 0 Å². The van der Waals surface area contributed by atoms with Crippen molar-refractivity contribution in [1.82, 2.24) is 10.6 Å². The van der Waals surface area contributed by atoms with Gasteiger partial charge in [-0.05, 0) is 31.4 Å². The van der Waals surface area contributed by atoms with E-state index >= 15 is 0 Å². The monoisotopic (exact) mass is 507 g/mol. The zero-order valence-electron chi connectivity index (χ0n) is 23.7. The SMILES string of the molecule is CCCCCCCOCC(CNC(=O)CNCc1ccccc1)OCCCCCCC.CCCCN. The van der Waals surface area contributed by atoms with Gasteiger partial charge in [0.2, 0.25) is 5.91 Å². The van der Waals surface area contributed by atoms with Crippen LogP contribution in [0.25, 0.3) is 0 Å². The summed E-state index contributed by atoms with van der Waals surface area (Å²) in [6.07, 6.45) is 14.5. The molecule has 0 saturated carbocycles. The Hall–Kier alpha value is -1.47. The van der Waals surface area contributed by atoms with Crippen LogP contribution in [0.2, 0.25) is 0 Å². The number of carbonyl (C=O) groups is 1. The summed E-state index contributed by atoms with van der Waals surface area (Å²) >= 11 is 0. The molecule has 1 aromatic rings. The smallest absolute Gasteiger partial charge is 0.234 e. The lowest BCUT2D eigenvalue weighted by atomic mass is 10.2. The number of hydrogen-bond acceptors (Lipinski definition) is 5. The molecule has 0 aliphatic heterocycles. The Balaban J connectivity index is 0.00000222. The normalized spacial score (nSPS) is 11.6. The molecule has 0 radical (unpaired) electrons. The summed E-state index contributed by atoms with van der Waals surface area (Å²) in [6, 6.07) is 10.1. The van der Waals surface area contributed by atoms with E-state index < -0.39 is 0 Å². The second-order valence-corrected chi connectivity index (χ2v) is 9.43. The second-order valence-electron chi connectivity index (χ2n) is 9.43. The maximum atomic E-state index is 12.2. The van der Waals surface area contributed by atoms with Gasteiger partial charge >= 0.3 is 0 Å².